The van der Waals surface area contributed by atoms with Gasteiger partial charge in [0.1, 0.15) is 0 Å². The molecule has 1 aromatic heterocycles. The Kier molecular flexibility index (Phi) is 4.05. The van der Waals surface area contributed by atoms with Gasteiger partial charge in [0.15, 0.2) is 0 Å². The normalized spacial score (nSPS) is 20.8. The fourth-order valence-corrected chi connectivity index (χ4v) is 4.45. The molecule has 1 amide bonds. The van der Waals surface area contributed by atoms with Gasteiger partial charge in [-0.15, -0.1) is 0 Å². The lowest BCUT2D eigenvalue weighted by atomic mass is 9.70. The van der Waals surface area contributed by atoms with Crippen molar-refractivity contribution in [3.63, 3.8) is 0 Å². The number of hydrogen-bond acceptors (Lipinski definition) is 2. The molecular weight excluding hydrogens is 308 g/mol. The van der Waals surface area contributed by atoms with E-state index in [1.165, 1.54) is 12.0 Å². The smallest absolute Gasteiger partial charge is 0.254 e. The van der Waals surface area contributed by atoms with Crippen molar-refractivity contribution in [3.05, 3.63) is 41.1 Å². The van der Waals surface area contributed by atoms with Crippen molar-refractivity contribution in [2.24, 2.45) is 11.3 Å². The molecule has 1 aromatic carbocycles. The lowest BCUT2D eigenvalue weighted by Crippen LogP contribution is -2.33. The molecule has 1 saturated heterocycles. The molecule has 1 fully saturated rings. The van der Waals surface area contributed by atoms with Crippen LogP contribution >= 0.6 is 0 Å². The summed E-state index contributed by atoms with van der Waals surface area (Å²) < 4.78 is 0. The zero-order valence-electron chi connectivity index (χ0n) is 15.6. The summed E-state index contributed by atoms with van der Waals surface area (Å²) in [7, 11) is 0. The van der Waals surface area contributed by atoms with Gasteiger partial charge in [-0.05, 0) is 55.1 Å². The number of benzene rings is 1. The molecule has 1 aliphatic carbocycles. The fraction of sp³-hybridized carbons (Fsp3) is 0.545. The molecule has 0 N–H and O–H groups in total. The first-order chi connectivity index (χ1) is 11.9. The summed E-state index contributed by atoms with van der Waals surface area (Å²) in [6.07, 6.45) is 5.39. The highest BCUT2D eigenvalue weighted by Gasteiger charge is 2.34. The van der Waals surface area contributed by atoms with Crippen LogP contribution in [0.3, 0.4) is 0 Å². The average Bonchev–Trinajstić information content (AvgIpc) is 3.12. The topological polar surface area (TPSA) is 33.2 Å². The van der Waals surface area contributed by atoms with Crippen molar-refractivity contribution in [1.82, 2.24) is 9.88 Å². The van der Waals surface area contributed by atoms with Crippen LogP contribution in [0.25, 0.3) is 10.9 Å². The summed E-state index contributed by atoms with van der Waals surface area (Å²) in [5, 5.41) is 1.03. The number of rotatable bonds is 1. The second kappa shape index (κ2) is 6.12. The van der Waals surface area contributed by atoms with Gasteiger partial charge < -0.3 is 4.90 Å². The summed E-state index contributed by atoms with van der Waals surface area (Å²) in [6, 6.07) is 8.17. The Morgan fingerprint density at radius 3 is 2.60 bits per heavy atom. The first-order valence-corrected chi connectivity index (χ1v) is 9.65. The minimum atomic E-state index is 0.224. The van der Waals surface area contributed by atoms with Gasteiger partial charge in [-0.3, -0.25) is 9.78 Å². The Hall–Kier alpha value is -1.90. The molecular formula is C22H28N2O. The van der Waals surface area contributed by atoms with Crippen LogP contribution in [0.1, 0.15) is 61.6 Å². The number of aryl methyl sites for hydroxylation is 1. The summed E-state index contributed by atoms with van der Waals surface area (Å²) >= 11 is 0. The molecule has 1 aliphatic heterocycles. The number of nitrogens with zero attached hydrogens (tertiary/aromatic N) is 2. The number of fused-ring (bicyclic) bond motifs is 2. The van der Waals surface area contributed by atoms with E-state index in [0.717, 1.165) is 60.9 Å². The van der Waals surface area contributed by atoms with Crippen LogP contribution in [0.5, 0.6) is 0 Å². The molecule has 0 bridgehead atoms. The molecule has 0 radical (unpaired) electrons. The van der Waals surface area contributed by atoms with Crippen molar-refractivity contribution in [3.8, 4) is 0 Å². The summed E-state index contributed by atoms with van der Waals surface area (Å²) in [5.74, 6) is 0.829. The molecule has 2 aliphatic rings. The Morgan fingerprint density at radius 2 is 1.88 bits per heavy atom. The maximum atomic E-state index is 13.4. The van der Waals surface area contributed by atoms with Gasteiger partial charge in [-0.2, -0.15) is 0 Å². The van der Waals surface area contributed by atoms with Crippen molar-refractivity contribution >= 4 is 16.8 Å². The number of carbonyl (C=O) groups is 1. The lowest BCUT2D eigenvalue weighted by Gasteiger charge is -2.36. The zero-order valence-corrected chi connectivity index (χ0v) is 15.6. The molecule has 2 aromatic rings. The second-order valence-corrected chi connectivity index (χ2v) is 8.73. The molecule has 1 unspecified atom stereocenters. The number of aromatic nitrogens is 1. The largest absolute Gasteiger partial charge is 0.339 e. The number of likely N-dealkylation sites (tertiary alicyclic amines) is 1. The maximum Gasteiger partial charge on any atom is 0.254 e. The van der Waals surface area contributed by atoms with E-state index in [1.807, 2.05) is 23.1 Å². The van der Waals surface area contributed by atoms with E-state index < -0.39 is 0 Å². The molecule has 25 heavy (non-hydrogen) atoms. The maximum absolute atomic E-state index is 13.4. The molecule has 0 saturated carbocycles. The Bertz CT molecular complexity index is 813. The van der Waals surface area contributed by atoms with E-state index in [-0.39, 0.29) is 11.3 Å². The van der Waals surface area contributed by atoms with E-state index in [0.29, 0.717) is 5.92 Å². The van der Waals surface area contributed by atoms with Crippen LogP contribution in [-0.2, 0) is 12.8 Å². The third-order valence-corrected chi connectivity index (χ3v) is 6.09. The predicted octanol–water partition coefficient (Wildman–Crippen LogP) is 4.62. The lowest BCUT2D eigenvalue weighted by molar-refractivity contribution is 0.0792. The van der Waals surface area contributed by atoms with Crippen molar-refractivity contribution in [2.45, 2.75) is 52.9 Å². The number of carbonyl (C=O) groups excluding carboxylic acids is 1. The van der Waals surface area contributed by atoms with Gasteiger partial charge in [0, 0.05) is 24.2 Å². The SMILES string of the molecule is CC(C)(C)C1CCc2nc3ccccc3c(C(=O)N3CCCC3)c2C1. The monoisotopic (exact) mass is 336 g/mol. The minimum Gasteiger partial charge on any atom is -0.339 e. The van der Waals surface area contributed by atoms with Crippen LogP contribution in [-0.4, -0.2) is 28.9 Å². The predicted molar refractivity (Wildman–Crippen MR) is 102 cm³/mol. The number of hydrogen-bond donors (Lipinski definition) is 0. The molecule has 2 heterocycles. The summed E-state index contributed by atoms with van der Waals surface area (Å²) in [5.41, 5.74) is 4.55. The molecule has 4 rings (SSSR count). The highest BCUT2D eigenvalue weighted by molar-refractivity contribution is 6.07. The standard InChI is InChI=1S/C22H28N2O/c1-22(2,3)15-10-11-19-17(14-15)20(21(25)24-12-6-7-13-24)16-8-4-5-9-18(16)23-19/h4-5,8-9,15H,6-7,10-14H2,1-3H3. The summed E-state index contributed by atoms with van der Waals surface area (Å²) in [4.78, 5) is 20.4. The van der Waals surface area contributed by atoms with Crippen molar-refractivity contribution in [2.75, 3.05) is 13.1 Å². The van der Waals surface area contributed by atoms with Gasteiger partial charge in [0.25, 0.3) is 5.91 Å². The average molecular weight is 336 g/mol. The van der Waals surface area contributed by atoms with E-state index in [1.54, 1.807) is 0 Å². The van der Waals surface area contributed by atoms with E-state index in [4.69, 9.17) is 4.98 Å². The fourth-order valence-electron chi connectivity index (χ4n) is 4.45. The molecule has 0 spiro atoms. The summed E-state index contributed by atoms with van der Waals surface area (Å²) in [6.45, 7) is 8.75. The van der Waals surface area contributed by atoms with Crippen molar-refractivity contribution < 1.29 is 4.79 Å². The van der Waals surface area contributed by atoms with Gasteiger partial charge >= 0.3 is 0 Å². The Labute approximate surface area is 150 Å². The van der Waals surface area contributed by atoms with Crippen LogP contribution < -0.4 is 0 Å². The molecule has 1 atom stereocenters. The third kappa shape index (κ3) is 2.94. The van der Waals surface area contributed by atoms with Gasteiger partial charge in [0.2, 0.25) is 0 Å². The number of amides is 1. The van der Waals surface area contributed by atoms with E-state index in [2.05, 4.69) is 26.8 Å². The quantitative estimate of drug-likeness (QED) is 0.761. The minimum absolute atomic E-state index is 0.224. The third-order valence-electron chi connectivity index (χ3n) is 6.09. The van der Waals surface area contributed by atoms with E-state index in [9.17, 15) is 4.79 Å². The van der Waals surface area contributed by atoms with Crippen LogP contribution in [0, 0.1) is 11.3 Å². The van der Waals surface area contributed by atoms with Gasteiger partial charge in [-0.1, -0.05) is 39.0 Å². The van der Waals surface area contributed by atoms with Crippen molar-refractivity contribution in [1.29, 1.82) is 0 Å². The highest BCUT2D eigenvalue weighted by Crippen LogP contribution is 2.39. The number of pyridine rings is 1. The van der Waals surface area contributed by atoms with Gasteiger partial charge in [-0.25, -0.2) is 0 Å². The molecule has 3 heteroatoms. The number of para-hydroxylation sites is 1. The Balaban J connectivity index is 1.87. The first-order valence-electron chi connectivity index (χ1n) is 9.65. The first kappa shape index (κ1) is 16.6. The molecule has 3 nitrogen and oxygen atoms in total. The second-order valence-electron chi connectivity index (χ2n) is 8.73. The molecule has 132 valence electrons. The zero-order chi connectivity index (χ0) is 17.6. The van der Waals surface area contributed by atoms with Crippen LogP contribution in [0.4, 0.5) is 0 Å². The van der Waals surface area contributed by atoms with E-state index >= 15 is 0 Å². The highest BCUT2D eigenvalue weighted by atomic mass is 16.2. The van der Waals surface area contributed by atoms with Gasteiger partial charge in [0.05, 0.1) is 11.1 Å². The van der Waals surface area contributed by atoms with Crippen LogP contribution in [0.15, 0.2) is 24.3 Å². The Morgan fingerprint density at radius 1 is 1.16 bits per heavy atom. The van der Waals surface area contributed by atoms with Crippen LogP contribution in [0.2, 0.25) is 0 Å².